The van der Waals surface area contributed by atoms with Gasteiger partial charge in [0, 0.05) is 5.56 Å². The summed E-state index contributed by atoms with van der Waals surface area (Å²) in [5, 5.41) is 0. The van der Waals surface area contributed by atoms with E-state index in [0.29, 0.717) is 33.5 Å². The predicted molar refractivity (Wildman–Crippen MR) is 128 cm³/mol. The highest BCUT2D eigenvalue weighted by molar-refractivity contribution is 9.10. The van der Waals surface area contributed by atoms with Crippen molar-refractivity contribution in [1.82, 2.24) is 0 Å². The maximum atomic E-state index is 13.5. The number of aryl methyl sites for hydroxylation is 1. The summed E-state index contributed by atoms with van der Waals surface area (Å²) in [4.78, 5) is 29.3. The topological polar surface area (TPSA) is 74.2 Å². The Morgan fingerprint density at radius 2 is 1.94 bits per heavy atom. The third-order valence-electron chi connectivity index (χ3n) is 4.89. The van der Waals surface area contributed by atoms with Crippen LogP contribution in [0.5, 0.6) is 11.5 Å². The fourth-order valence-electron chi connectivity index (χ4n) is 3.29. The first-order chi connectivity index (χ1) is 16.4. The van der Waals surface area contributed by atoms with Crippen molar-refractivity contribution in [2.24, 2.45) is 4.99 Å². The number of esters is 2. The summed E-state index contributed by atoms with van der Waals surface area (Å²) in [7, 11) is 0. The monoisotopic (exact) mass is 523 g/mol. The van der Waals surface area contributed by atoms with Crippen LogP contribution in [0.4, 0.5) is 4.39 Å². The predicted octanol–water partition coefficient (Wildman–Crippen LogP) is 5.86. The molecule has 0 fully saturated rings. The molecule has 3 aromatic rings. The molecule has 1 aliphatic heterocycles. The van der Waals surface area contributed by atoms with Crippen LogP contribution in [0.15, 0.2) is 75.8 Å². The second-order valence-corrected chi connectivity index (χ2v) is 8.17. The standard InChI is InChI=1S/C26H19BrFNO5/c1-3-32-22-13-16(11-20(27)23(22)33-25(30)19-10-5-4-7-15(19)2)12-21-26(31)34-24(29-21)17-8-6-9-18(28)14-17/h4-14H,3H2,1-2H3/b21-12-. The van der Waals surface area contributed by atoms with E-state index in [1.807, 2.05) is 19.1 Å². The number of halogens is 2. The van der Waals surface area contributed by atoms with E-state index in [0.717, 1.165) is 5.56 Å². The smallest absolute Gasteiger partial charge is 0.363 e. The molecule has 4 rings (SSSR count). The van der Waals surface area contributed by atoms with Gasteiger partial charge in [0.05, 0.1) is 16.6 Å². The molecule has 0 aliphatic carbocycles. The Kier molecular flexibility index (Phi) is 6.88. The van der Waals surface area contributed by atoms with Gasteiger partial charge in [-0.15, -0.1) is 0 Å². The molecule has 1 aliphatic rings. The molecule has 0 saturated heterocycles. The van der Waals surface area contributed by atoms with Crippen LogP contribution < -0.4 is 9.47 Å². The summed E-state index contributed by atoms with van der Waals surface area (Å²) >= 11 is 3.43. The zero-order chi connectivity index (χ0) is 24.2. The average molecular weight is 524 g/mol. The Morgan fingerprint density at radius 3 is 2.68 bits per heavy atom. The second-order valence-electron chi connectivity index (χ2n) is 7.31. The first-order valence-corrected chi connectivity index (χ1v) is 11.2. The van der Waals surface area contributed by atoms with Gasteiger partial charge < -0.3 is 14.2 Å². The Morgan fingerprint density at radius 1 is 1.15 bits per heavy atom. The molecule has 0 atom stereocenters. The number of aliphatic imine (C=N–C) groups is 1. The van der Waals surface area contributed by atoms with Gasteiger partial charge in [-0.3, -0.25) is 0 Å². The summed E-state index contributed by atoms with van der Waals surface area (Å²) in [6, 6.07) is 16.0. The van der Waals surface area contributed by atoms with Crippen molar-refractivity contribution in [1.29, 1.82) is 0 Å². The lowest BCUT2D eigenvalue weighted by atomic mass is 10.1. The third kappa shape index (κ3) is 5.07. The molecule has 0 bridgehead atoms. The molecule has 172 valence electrons. The first-order valence-electron chi connectivity index (χ1n) is 10.4. The lowest BCUT2D eigenvalue weighted by molar-refractivity contribution is -0.129. The Hall–Kier alpha value is -3.78. The van der Waals surface area contributed by atoms with Gasteiger partial charge in [0.2, 0.25) is 5.90 Å². The van der Waals surface area contributed by atoms with E-state index in [2.05, 4.69) is 20.9 Å². The molecule has 0 amide bonds. The normalized spacial score (nSPS) is 14.1. The highest BCUT2D eigenvalue weighted by Crippen LogP contribution is 2.38. The number of hydrogen-bond donors (Lipinski definition) is 0. The van der Waals surface area contributed by atoms with E-state index in [4.69, 9.17) is 14.2 Å². The van der Waals surface area contributed by atoms with Gasteiger partial charge in [-0.25, -0.2) is 19.0 Å². The maximum Gasteiger partial charge on any atom is 0.363 e. The quantitative estimate of drug-likeness (QED) is 0.230. The molecule has 1 heterocycles. The molecular weight excluding hydrogens is 505 g/mol. The minimum atomic E-state index is -0.664. The van der Waals surface area contributed by atoms with Crippen LogP contribution in [0.25, 0.3) is 6.08 Å². The molecule has 0 N–H and O–H groups in total. The minimum Gasteiger partial charge on any atom is -0.490 e. The molecule has 3 aromatic carbocycles. The van der Waals surface area contributed by atoms with E-state index in [9.17, 15) is 14.0 Å². The molecule has 0 spiro atoms. The molecular formula is C26H19BrFNO5. The maximum absolute atomic E-state index is 13.5. The van der Waals surface area contributed by atoms with Crippen LogP contribution in [0.3, 0.4) is 0 Å². The summed E-state index contributed by atoms with van der Waals surface area (Å²) < 4.78 is 30.5. The number of rotatable bonds is 6. The van der Waals surface area contributed by atoms with Gasteiger partial charge in [-0.05, 0) is 83.4 Å². The fourth-order valence-corrected chi connectivity index (χ4v) is 3.84. The zero-order valence-corrected chi connectivity index (χ0v) is 19.9. The second kappa shape index (κ2) is 10.0. The Labute approximate surface area is 203 Å². The zero-order valence-electron chi connectivity index (χ0n) is 18.3. The van der Waals surface area contributed by atoms with Gasteiger partial charge in [0.1, 0.15) is 5.82 Å². The molecule has 0 unspecified atom stereocenters. The van der Waals surface area contributed by atoms with E-state index in [1.54, 1.807) is 37.3 Å². The lowest BCUT2D eigenvalue weighted by Crippen LogP contribution is -2.11. The van der Waals surface area contributed by atoms with Crippen molar-refractivity contribution < 1.29 is 28.2 Å². The molecule has 8 heteroatoms. The molecule has 34 heavy (non-hydrogen) atoms. The largest absolute Gasteiger partial charge is 0.490 e. The minimum absolute atomic E-state index is 0.0172. The van der Waals surface area contributed by atoms with Crippen LogP contribution in [-0.2, 0) is 9.53 Å². The van der Waals surface area contributed by atoms with E-state index in [1.165, 1.54) is 24.3 Å². The number of carbonyl (C=O) groups excluding carboxylic acids is 2. The van der Waals surface area contributed by atoms with Gasteiger partial charge in [-0.2, -0.15) is 0 Å². The summed E-state index contributed by atoms with van der Waals surface area (Å²) in [5.74, 6) is -1.10. The molecule has 6 nitrogen and oxygen atoms in total. The lowest BCUT2D eigenvalue weighted by Gasteiger charge is -2.14. The van der Waals surface area contributed by atoms with Crippen molar-refractivity contribution in [3.05, 3.63) is 98.9 Å². The highest BCUT2D eigenvalue weighted by atomic mass is 79.9. The Bertz CT molecular complexity index is 1350. The highest BCUT2D eigenvalue weighted by Gasteiger charge is 2.25. The Balaban J connectivity index is 1.66. The van der Waals surface area contributed by atoms with E-state index in [-0.39, 0.29) is 17.3 Å². The fraction of sp³-hybridized carbons (Fsp3) is 0.115. The van der Waals surface area contributed by atoms with Crippen molar-refractivity contribution in [2.45, 2.75) is 13.8 Å². The van der Waals surface area contributed by atoms with Gasteiger partial charge in [0.25, 0.3) is 0 Å². The van der Waals surface area contributed by atoms with Gasteiger partial charge >= 0.3 is 11.9 Å². The number of nitrogens with zero attached hydrogens (tertiary/aromatic N) is 1. The number of ether oxygens (including phenoxy) is 3. The van der Waals surface area contributed by atoms with Gasteiger partial charge in [-0.1, -0.05) is 24.3 Å². The average Bonchev–Trinajstić information content (AvgIpc) is 3.16. The van der Waals surface area contributed by atoms with Crippen molar-refractivity contribution >= 4 is 39.8 Å². The van der Waals surface area contributed by atoms with E-state index < -0.39 is 17.8 Å². The van der Waals surface area contributed by atoms with Crippen LogP contribution >= 0.6 is 15.9 Å². The van der Waals surface area contributed by atoms with Crippen LogP contribution in [0.1, 0.15) is 34.0 Å². The van der Waals surface area contributed by atoms with Crippen molar-refractivity contribution in [3.63, 3.8) is 0 Å². The SMILES string of the molecule is CCOc1cc(/C=C2\N=C(c3cccc(F)c3)OC2=O)cc(Br)c1OC(=O)c1ccccc1C. The van der Waals surface area contributed by atoms with Crippen molar-refractivity contribution in [3.8, 4) is 11.5 Å². The summed E-state index contributed by atoms with van der Waals surface area (Å²) in [5.41, 5.74) is 2.18. The summed E-state index contributed by atoms with van der Waals surface area (Å²) in [6.07, 6.45) is 1.51. The van der Waals surface area contributed by atoms with Gasteiger partial charge in [0.15, 0.2) is 17.2 Å². The van der Waals surface area contributed by atoms with Crippen LogP contribution in [0.2, 0.25) is 0 Å². The third-order valence-corrected chi connectivity index (χ3v) is 5.48. The van der Waals surface area contributed by atoms with Crippen LogP contribution in [-0.4, -0.2) is 24.4 Å². The molecule has 0 aromatic heterocycles. The number of hydrogen-bond acceptors (Lipinski definition) is 6. The summed E-state index contributed by atoms with van der Waals surface area (Å²) in [6.45, 7) is 3.95. The van der Waals surface area contributed by atoms with Crippen LogP contribution in [0, 0.1) is 12.7 Å². The first kappa shape index (κ1) is 23.4. The number of carbonyl (C=O) groups is 2. The number of cyclic esters (lactones) is 1. The number of benzene rings is 3. The molecule has 0 saturated carbocycles. The van der Waals surface area contributed by atoms with Crippen molar-refractivity contribution in [2.75, 3.05) is 6.61 Å². The molecule has 0 radical (unpaired) electrons. The van der Waals surface area contributed by atoms with E-state index >= 15 is 0 Å².